The molecule has 0 radical (unpaired) electrons. The van der Waals surface area contributed by atoms with Gasteiger partial charge in [-0.2, -0.15) is 5.10 Å². The number of rotatable bonds is 2. The predicted octanol–water partition coefficient (Wildman–Crippen LogP) is 2.81. The number of pyridine rings is 1. The van der Waals surface area contributed by atoms with E-state index in [9.17, 15) is 4.39 Å². The minimum absolute atomic E-state index is 0.253. The summed E-state index contributed by atoms with van der Waals surface area (Å²) in [7, 11) is 3.88. The molecule has 0 fully saturated rings. The fourth-order valence-electron chi connectivity index (χ4n) is 2.37. The molecule has 0 saturated carbocycles. The highest BCUT2D eigenvalue weighted by Crippen LogP contribution is 2.30. The van der Waals surface area contributed by atoms with E-state index in [1.54, 1.807) is 6.07 Å². The van der Waals surface area contributed by atoms with Gasteiger partial charge in [-0.3, -0.25) is 9.67 Å². The molecule has 3 rings (SSSR count). The Kier molecular flexibility index (Phi) is 2.62. The third-order valence-electron chi connectivity index (χ3n) is 3.24. The van der Waals surface area contributed by atoms with E-state index in [4.69, 9.17) is 0 Å². The van der Waals surface area contributed by atoms with Crippen molar-refractivity contribution in [2.24, 2.45) is 0 Å². The number of fused-ring (bicyclic) bond motifs is 3. The Labute approximate surface area is 110 Å². The predicted molar refractivity (Wildman–Crippen MR) is 75.0 cm³/mol. The highest BCUT2D eigenvalue weighted by atomic mass is 19.1. The fourth-order valence-corrected chi connectivity index (χ4v) is 2.37. The van der Waals surface area contributed by atoms with Crippen molar-refractivity contribution >= 4 is 27.6 Å². The van der Waals surface area contributed by atoms with Crippen LogP contribution in [0.4, 0.5) is 10.2 Å². The monoisotopic (exact) mass is 258 g/mol. The molecule has 3 aromatic rings. The average Bonchev–Trinajstić information content (AvgIpc) is 2.77. The standard InChI is InChI=1S/C14H15FN4/c1-4-19-13-10-7-9(15)5-6-12(10)16-8-11(13)14(17-19)18(2)3/h5-8H,4H2,1-3H3. The first kappa shape index (κ1) is 11.9. The maximum Gasteiger partial charge on any atom is 0.159 e. The van der Waals surface area contributed by atoms with Crippen molar-refractivity contribution in [1.29, 1.82) is 0 Å². The lowest BCUT2D eigenvalue weighted by molar-refractivity contribution is 0.629. The van der Waals surface area contributed by atoms with Crippen LogP contribution in [-0.4, -0.2) is 28.9 Å². The van der Waals surface area contributed by atoms with Gasteiger partial charge in [-0.15, -0.1) is 0 Å². The molecule has 1 aromatic carbocycles. The van der Waals surface area contributed by atoms with Crippen molar-refractivity contribution in [3.8, 4) is 0 Å². The molecule has 0 aliphatic carbocycles. The van der Waals surface area contributed by atoms with E-state index in [1.807, 2.05) is 36.8 Å². The van der Waals surface area contributed by atoms with Crippen LogP contribution in [0.5, 0.6) is 0 Å². The Morgan fingerprint density at radius 3 is 2.74 bits per heavy atom. The number of halogens is 1. The zero-order valence-electron chi connectivity index (χ0n) is 11.2. The van der Waals surface area contributed by atoms with E-state index in [-0.39, 0.29) is 5.82 Å². The molecule has 0 spiro atoms. The van der Waals surface area contributed by atoms with E-state index in [0.29, 0.717) is 0 Å². The third kappa shape index (κ3) is 1.73. The SMILES string of the molecule is CCn1nc(N(C)C)c2cnc3ccc(F)cc3c21. The highest BCUT2D eigenvalue weighted by Gasteiger charge is 2.15. The number of anilines is 1. The van der Waals surface area contributed by atoms with Crippen molar-refractivity contribution in [2.45, 2.75) is 13.5 Å². The quantitative estimate of drug-likeness (QED) is 0.708. The summed E-state index contributed by atoms with van der Waals surface area (Å²) in [6.07, 6.45) is 1.81. The van der Waals surface area contributed by atoms with Gasteiger partial charge in [0.25, 0.3) is 0 Å². The van der Waals surface area contributed by atoms with Gasteiger partial charge in [-0.1, -0.05) is 0 Å². The third-order valence-corrected chi connectivity index (χ3v) is 3.24. The van der Waals surface area contributed by atoms with Crippen molar-refractivity contribution in [3.63, 3.8) is 0 Å². The molecule has 0 atom stereocenters. The summed E-state index contributed by atoms with van der Waals surface area (Å²) in [4.78, 5) is 6.34. The molecule has 0 N–H and O–H groups in total. The lowest BCUT2D eigenvalue weighted by Crippen LogP contribution is -2.10. The van der Waals surface area contributed by atoms with Gasteiger partial charge in [0.15, 0.2) is 5.82 Å². The van der Waals surface area contributed by atoms with Crippen LogP contribution in [0.25, 0.3) is 21.8 Å². The molecule has 0 amide bonds. The van der Waals surface area contributed by atoms with Gasteiger partial charge < -0.3 is 4.90 Å². The number of aryl methyl sites for hydroxylation is 1. The second-order valence-electron chi connectivity index (χ2n) is 4.72. The number of hydrogen-bond donors (Lipinski definition) is 0. The molecule has 0 unspecified atom stereocenters. The highest BCUT2D eigenvalue weighted by molar-refractivity contribution is 6.07. The van der Waals surface area contributed by atoms with Crippen molar-refractivity contribution in [1.82, 2.24) is 14.8 Å². The van der Waals surface area contributed by atoms with Gasteiger partial charge in [0.05, 0.1) is 16.4 Å². The normalized spacial score (nSPS) is 11.4. The number of aromatic nitrogens is 3. The molecular weight excluding hydrogens is 243 g/mol. The summed E-state index contributed by atoms with van der Waals surface area (Å²) < 4.78 is 15.4. The number of hydrogen-bond acceptors (Lipinski definition) is 3. The van der Waals surface area contributed by atoms with Gasteiger partial charge in [-0.05, 0) is 25.1 Å². The first-order valence-corrected chi connectivity index (χ1v) is 6.24. The summed E-state index contributed by atoms with van der Waals surface area (Å²) in [5, 5.41) is 6.32. The van der Waals surface area contributed by atoms with Crippen LogP contribution in [0, 0.1) is 5.82 Å². The molecule has 0 aliphatic heterocycles. The molecule has 5 heteroatoms. The topological polar surface area (TPSA) is 34.0 Å². The van der Waals surface area contributed by atoms with Crippen molar-refractivity contribution in [3.05, 3.63) is 30.2 Å². The van der Waals surface area contributed by atoms with E-state index >= 15 is 0 Å². The Balaban J connectivity index is 2.49. The minimum atomic E-state index is -0.253. The smallest absolute Gasteiger partial charge is 0.159 e. The van der Waals surface area contributed by atoms with Gasteiger partial charge in [0, 0.05) is 32.2 Å². The lowest BCUT2D eigenvalue weighted by Gasteiger charge is -2.07. The van der Waals surface area contributed by atoms with Crippen LogP contribution in [0.15, 0.2) is 24.4 Å². The molecule has 0 saturated heterocycles. The van der Waals surface area contributed by atoms with E-state index < -0.39 is 0 Å². The van der Waals surface area contributed by atoms with Gasteiger partial charge in [0.1, 0.15) is 5.82 Å². The molecule has 2 heterocycles. The van der Waals surface area contributed by atoms with Gasteiger partial charge in [0.2, 0.25) is 0 Å². The first-order valence-electron chi connectivity index (χ1n) is 6.24. The maximum atomic E-state index is 13.5. The summed E-state index contributed by atoms with van der Waals surface area (Å²) in [6.45, 7) is 2.76. The van der Waals surface area contributed by atoms with Gasteiger partial charge in [-0.25, -0.2) is 4.39 Å². The van der Waals surface area contributed by atoms with Crippen LogP contribution in [0.3, 0.4) is 0 Å². The lowest BCUT2D eigenvalue weighted by atomic mass is 10.1. The van der Waals surface area contributed by atoms with Gasteiger partial charge >= 0.3 is 0 Å². The Bertz CT molecular complexity index is 761. The summed E-state index contributed by atoms with van der Waals surface area (Å²) in [5.41, 5.74) is 1.73. The van der Waals surface area contributed by atoms with Crippen LogP contribution in [0.2, 0.25) is 0 Å². The van der Waals surface area contributed by atoms with Crippen molar-refractivity contribution < 1.29 is 4.39 Å². The second-order valence-corrected chi connectivity index (χ2v) is 4.72. The van der Waals surface area contributed by atoms with E-state index in [2.05, 4.69) is 10.1 Å². The summed E-state index contributed by atoms with van der Waals surface area (Å²) in [6, 6.07) is 4.66. The molecule has 98 valence electrons. The molecule has 0 bridgehead atoms. The number of nitrogens with zero attached hydrogens (tertiary/aromatic N) is 4. The zero-order valence-corrected chi connectivity index (χ0v) is 11.2. The van der Waals surface area contributed by atoms with Crippen LogP contribution < -0.4 is 4.90 Å². The first-order chi connectivity index (χ1) is 9.11. The second kappa shape index (κ2) is 4.19. The van der Waals surface area contributed by atoms with Crippen LogP contribution >= 0.6 is 0 Å². The minimum Gasteiger partial charge on any atom is -0.361 e. The molecule has 4 nitrogen and oxygen atoms in total. The van der Waals surface area contributed by atoms with E-state index in [1.165, 1.54) is 12.1 Å². The average molecular weight is 258 g/mol. The molecule has 0 aliphatic rings. The van der Waals surface area contributed by atoms with Crippen LogP contribution in [-0.2, 0) is 6.54 Å². The Morgan fingerprint density at radius 2 is 2.05 bits per heavy atom. The number of benzene rings is 1. The molecule has 19 heavy (non-hydrogen) atoms. The fraction of sp³-hybridized carbons (Fsp3) is 0.286. The summed E-state index contributed by atoms with van der Waals surface area (Å²) >= 11 is 0. The summed E-state index contributed by atoms with van der Waals surface area (Å²) in [5.74, 6) is 0.604. The molecule has 2 aromatic heterocycles. The Morgan fingerprint density at radius 1 is 1.26 bits per heavy atom. The Hall–Kier alpha value is -2.17. The zero-order chi connectivity index (χ0) is 13.6. The van der Waals surface area contributed by atoms with E-state index in [0.717, 1.165) is 34.2 Å². The molecular formula is C14H15FN4. The largest absolute Gasteiger partial charge is 0.361 e. The van der Waals surface area contributed by atoms with Crippen molar-refractivity contribution in [2.75, 3.05) is 19.0 Å². The van der Waals surface area contributed by atoms with Crippen LogP contribution in [0.1, 0.15) is 6.92 Å². The maximum absolute atomic E-state index is 13.5.